The Labute approximate surface area is 161 Å². The SMILES string of the molecule is O=NO.O=NO.O=NO.[NaH].[NaH].[NaH].[NaH]. The predicted octanol–water partition coefficient (Wildman–Crippen LogP) is -2.17. The van der Waals surface area contributed by atoms with Crippen LogP contribution in [0.25, 0.3) is 0 Å². The summed E-state index contributed by atoms with van der Waals surface area (Å²) >= 11 is 0. The molecule has 0 aromatic rings. The summed E-state index contributed by atoms with van der Waals surface area (Å²) < 4.78 is 0. The van der Waals surface area contributed by atoms with Crippen LogP contribution >= 0.6 is 0 Å². The Morgan fingerprint density at radius 1 is 0.538 bits per heavy atom. The van der Waals surface area contributed by atoms with Crippen LogP contribution in [0, 0.1) is 14.7 Å². The fourth-order valence-corrected chi connectivity index (χ4v) is 0. The van der Waals surface area contributed by atoms with E-state index in [9.17, 15) is 0 Å². The van der Waals surface area contributed by atoms with Crippen molar-refractivity contribution in [3.05, 3.63) is 14.7 Å². The number of nitrogens with zero attached hydrogens (tertiary/aromatic N) is 3. The Balaban J connectivity index is -0.00000000720. The average molecular weight is 237 g/mol. The molecular formula is H7N3Na4O6. The summed E-state index contributed by atoms with van der Waals surface area (Å²) in [6, 6.07) is 0. The molecule has 0 radical (unpaired) electrons. The fraction of sp³-hybridized carbons (Fsp3) is 0. The van der Waals surface area contributed by atoms with Gasteiger partial charge in [0.15, 0.2) is 16.0 Å². The summed E-state index contributed by atoms with van der Waals surface area (Å²) in [6.07, 6.45) is 0. The summed E-state index contributed by atoms with van der Waals surface area (Å²) in [5.41, 5.74) is 0. The summed E-state index contributed by atoms with van der Waals surface area (Å²) in [4.78, 5) is 24.3. The van der Waals surface area contributed by atoms with Crippen molar-refractivity contribution in [3.63, 3.8) is 0 Å². The zero-order valence-electron chi connectivity index (χ0n) is 3.91. The molecule has 0 rings (SSSR count). The molecule has 0 amide bonds. The minimum absolute atomic E-state index is 0. The molecule has 0 unspecified atom stereocenters. The zero-order chi connectivity index (χ0) is 8.12. The minimum atomic E-state index is 0. The maximum atomic E-state index is 8.11. The second kappa shape index (κ2) is 91.5. The van der Waals surface area contributed by atoms with E-state index in [1.54, 1.807) is 0 Å². The van der Waals surface area contributed by atoms with Crippen molar-refractivity contribution in [2.24, 2.45) is 16.0 Å². The van der Waals surface area contributed by atoms with Crippen LogP contribution in [-0.4, -0.2) is 134 Å². The molecule has 0 saturated heterocycles. The summed E-state index contributed by atoms with van der Waals surface area (Å²) in [7, 11) is 0. The van der Waals surface area contributed by atoms with Gasteiger partial charge in [0.05, 0.1) is 0 Å². The topological polar surface area (TPSA) is 149 Å². The summed E-state index contributed by atoms with van der Waals surface area (Å²) in [6.45, 7) is 0. The van der Waals surface area contributed by atoms with Gasteiger partial charge in [-0.2, -0.15) is 0 Å². The molecule has 62 valence electrons. The fourth-order valence-electron chi connectivity index (χ4n) is 0. The molecule has 0 aliphatic carbocycles. The Bertz CT molecular complexity index is 56.6. The molecule has 0 aliphatic heterocycles. The zero-order valence-corrected chi connectivity index (χ0v) is 3.91. The van der Waals surface area contributed by atoms with Crippen LogP contribution in [0.1, 0.15) is 0 Å². The average Bonchev–Trinajstić information content (AvgIpc) is 1.70. The molecular weight excluding hydrogens is 230 g/mol. The molecule has 0 atom stereocenters. The van der Waals surface area contributed by atoms with Crippen LogP contribution in [0.5, 0.6) is 0 Å². The van der Waals surface area contributed by atoms with E-state index in [4.69, 9.17) is 30.3 Å². The molecule has 13 heavy (non-hydrogen) atoms. The van der Waals surface area contributed by atoms with Crippen molar-refractivity contribution in [1.82, 2.24) is 0 Å². The Kier molecular flexibility index (Phi) is 321. The van der Waals surface area contributed by atoms with E-state index in [1.165, 1.54) is 16.0 Å². The number of rotatable bonds is 0. The third-order valence-electron chi connectivity index (χ3n) is 0. The molecule has 0 fully saturated rings. The standard InChI is InChI=1S/3HNO2.4Na.4H/c3*2-1-3;;;;;;;;/h3*(H,2,3);;;;;;;;. The van der Waals surface area contributed by atoms with Crippen LogP contribution < -0.4 is 0 Å². The van der Waals surface area contributed by atoms with Gasteiger partial charge < -0.3 is 15.6 Å². The first-order chi connectivity index (χ1) is 4.24. The number of hydrogen-bond donors (Lipinski definition) is 3. The normalized spacial score (nSPS) is 2.77. The Morgan fingerprint density at radius 3 is 0.538 bits per heavy atom. The first-order valence-corrected chi connectivity index (χ1v) is 1.15. The van der Waals surface area contributed by atoms with Crippen molar-refractivity contribution < 1.29 is 15.6 Å². The van der Waals surface area contributed by atoms with Crippen LogP contribution in [0.2, 0.25) is 0 Å². The van der Waals surface area contributed by atoms with E-state index in [2.05, 4.69) is 0 Å². The van der Waals surface area contributed by atoms with Gasteiger partial charge in [0.2, 0.25) is 0 Å². The van der Waals surface area contributed by atoms with Gasteiger partial charge in [-0.25, -0.2) is 0 Å². The van der Waals surface area contributed by atoms with Crippen molar-refractivity contribution in [3.8, 4) is 0 Å². The molecule has 0 saturated carbocycles. The van der Waals surface area contributed by atoms with Crippen LogP contribution in [0.15, 0.2) is 16.0 Å². The molecule has 3 N–H and O–H groups in total. The van der Waals surface area contributed by atoms with Crippen molar-refractivity contribution in [2.75, 3.05) is 0 Å². The Hall–Kier alpha value is 2.20. The quantitative estimate of drug-likeness (QED) is 0.248. The van der Waals surface area contributed by atoms with Crippen molar-refractivity contribution in [1.29, 1.82) is 0 Å². The molecule has 0 spiro atoms. The van der Waals surface area contributed by atoms with Crippen LogP contribution in [0.3, 0.4) is 0 Å². The molecule has 0 aromatic heterocycles. The van der Waals surface area contributed by atoms with E-state index in [-0.39, 0.29) is 118 Å². The van der Waals surface area contributed by atoms with Gasteiger partial charge in [-0.1, -0.05) is 0 Å². The van der Waals surface area contributed by atoms with Gasteiger partial charge >= 0.3 is 118 Å². The first-order valence-electron chi connectivity index (χ1n) is 1.15. The molecule has 0 aliphatic rings. The molecule has 13 heteroatoms. The molecule has 0 aromatic carbocycles. The molecule has 0 heterocycles. The molecule has 9 nitrogen and oxygen atoms in total. The maximum absolute atomic E-state index is 8.11. The van der Waals surface area contributed by atoms with Crippen LogP contribution in [0.4, 0.5) is 0 Å². The summed E-state index contributed by atoms with van der Waals surface area (Å²) in [5.74, 6) is 0. The second-order valence-electron chi connectivity index (χ2n) is 0.245. The third kappa shape index (κ3) is 437. The van der Waals surface area contributed by atoms with Gasteiger partial charge in [0.25, 0.3) is 0 Å². The van der Waals surface area contributed by atoms with E-state index in [1.807, 2.05) is 0 Å². The second-order valence-corrected chi connectivity index (χ2v) is 0.245. The van der Waals surface area contributed by atoms with E-state index >= 15 is 0 Å². The predicted molar refractivity (Wildman–Crippen MR) is 51.3 cm³/mol. The van der Waals surface area contributed by atoms with Crippen molar-refractivity contribution >= 4 is 118 Å². The van der Waals surface area contributed by atoms with E-state index < -0.39 is 0 Å². The monoisotopic (exact) mass is 237 g/mol. The third-order valence-corrected chi connectivity index (χ3v) is 0. The van der Waals surface area contributed by atoms with E-state index in [0.717, 1.165) is 0 Å². The summed E-state index contributed by atoms with van der Waals surface area (Å²) in [5, 5.41) is 23.7. The van der Waals surface area contributed by atoms with Gasteiger partial charge in [-0.3, -0.25) is 0 Å². The van der Waals surface area contributed by atoms with Gasteiger partial charge in [0.1, 0.15) is 0 Å². The van der Waals surface area contributed by atoms with Gasteiger partial charge in [-0.05, 0) is 0 Å². The number of hydrogen-bond acceptors (Lipinski definition) is 6. The van der Waals surface area contributed by atoms with Crippen molar-refractivity contribution in [2.45, 2.75) is 0 Å². The van der Waals surface area contributed by atoms with E-state index in [0.29, 0.717) is 0 Å². The van der Waals surface area contributed by atoms with Crippen LogP contribution in [-0.2, 0) is 0 Å². The van der Waals surface area contributed by atoms with Gasteiger partial charge in [-0.15, -0.1) is 14.7 Å². The molecule has 0 bridgehead atoms. The Morgan fingerprint density at radius 2 is 0.538 bits per heavy atom. The first kappa shape index (κ1) is 45.6. The van der Waals surface area contributed by atoms with Gasteiger partial charge in [0, 0.05) is 0 Å².